The van der Waals surface area contributed by atoms with Gasteiger partial charge in [-0.15, -0.1) is 11.6 Å². The number of aryl methyl sites for hydroxylation is 2. The molecule has 2 rings (SSSR count). The SMILES string of the molecule is Cc1ccc(CC(Cl)c2ccc(F)cc2C)cc1. The molecule has 0 fully saturated rings. The molecule has 0 aliphatic rings. The maximum atomic E-state index is 13.0. The van der Waals surface area contributed by atoms with Gasteiger partial charge in [-0.3, -0.25) is 0 Å². The van der Waals surface area contributed by atoms with Crippen molar-refractivity contribution in [2.24, 2.45) is 0 Å². The highest BCUT2D eigenvalue weighted by Gasteiger charge is 2.12. The molecule has 0 aliphatic carbocycles. The quantitative estimate of drug-likeness (QED) is 0.686. The van der Waals surface area contributed by atoms with Gasteiger partial charge >= 0.3 is 0 Å². The summed E-state index contributed by atoms with van der Waals surface area (Å²) in [6, 6.07) is 13.1. The molecule has 0 spiro atoms. The van der Waals surface area contributed by atoms with E-state index in [4.69, 9.17) is 11.6 Å². The minimum atomic E-state index is -0.213. The second kappa shape index (κ2) is 5.53. The van der Waals surface area contributed by atoms with Crippen molar-refractivity contribution >= 4 is 11.6 Å². The first-order valence-corrected chi connectivity index (χ1v) is 6.45. The molecule has 0 radical (unpaired) electrons. The summed E-state index contributed by atoms with van der Waals surface area (Å²) < 4.78 is 13.0. The van der Waals surface area contributed by atoms with Crippen LogP contribution in [0, 0.1) is 19.7 Å². The molecule has 0 bridgehead atoms. The van der Waals surface area contributed by atoms with Gasteiger partial charge in [-0.05, 0) is 49.1 Å². The lowest BCUT2D eigenvalue weighted by atomic mass is 9.99. The van der Waals surface area contributed by atoms with Crippen LogP contribution in [-0.4, -0.2) is 0 Å². The first-order valence-electron chi connectivity index (χ1n) is 6.02. The Labute approximate surface area is 112 Å². The standard InChI is InChI=1S/C16H16ClF/c1-11-3-5-13(6-4-11)10-16(17)15-8-7-14(18)9-12(15)2/h3-9,16H,10H2,1-2H3. The third kappa shape index (κ3) is 3.11. The molecule has 0 saturated heterocycles. The molecule has 18 heavy (non-hydrogen) atoms. The Morgan fingerprint density at radius 3 is 2.33 bits per heavy atom. The predicted octanol–water partition coefficient (Wildman–Crippen LogP) is 4.97. The van der Waals surface area contributed by atoms with Gasteiger partial charge in [0.05, 0.1) is 5.38 Å². The summed E-state index contributed by atoms with van der Waals surface area (Å²) in [7, 11) is 0. The molecule has 0 heterocycles. The van der Waals surface area contributed by atoms with Crippen molar-refractivity contribution in [3.63, 3.8) is 0 Å². The lowest BCUT2D eigenvalue weighted by molar-refractivity contribution is 0.625. The number of rotatable bonds is 3. The van der Waals surface area contributed by atoms with E-state index < -0.39 is 0 Å². The maximum absolute atomic E-state index is 13.0. The molecular formula is C16H16ClF. The van der Waals surface area contributed by atoms with Gasteiger partial charge in [-0.2, -0.15) is 0 Å². The molecule has 1 atom stereocenters. The van der Waals surface area contributed by atoms with Gasteiger partial charge < -0.3 is 0 Å². The van der Waals surface area contributed by atoms with Gasteiger partial charge in [0, 0.05) is 0 Å². The molecule has 0 N–H and O–H groups in total. The Morgan fingerprint density at radius 1 is 1.06 bits per heavy atom. The molecule has 0 saturated carbocycles. The molecule has 2 aromatic rings. The molecule has 0 aliphatic heterocycles. The number of benzene rings is 2. The number of hydrogen-bond acceptors (Lipinski definition) is 0. The Kier molecular flexibility index (Phi) is 4.03. The Morgan fingerprint density at radius 2 is 1.72 bits per heavy atom. The first kappa shape index (κ1) is 13.1. The van der Waals surface area contributed by atoms with E-state index in [1.165, 1.54) is 23.3 Å². The second-order valence-corrected chi connectivity index (χ2v) is 5.18. The number of hydrogen-bond donors (Lipinski definition) is 0. The fourth-order valence-corrected chi connectivity index (χ4v) is 2.45. The van der Waals surface area contributed by atoms with Crippen LogP contribution < -0.4 is 0 Å². The van der Waals surface area contributed by atoms with Gasteiger partial charge in [0.15, 0.2) is 0 Å². The van der Waals surface area contributed by atoms with Crippen molar-refractivity contribution in [2.45, 2.75) is 25.6 Å². The largest absolute Gasteiger partial charge is 0.207 e. The fourth-order valence-electron chi connectivity index (χ4n) is 2.03. The molecule has 2 aromatic carbocycles. The second-order valence-electron chi connectivity index (χ2n) is 4.66. The van der Waals surface area contributed by atoms with Crippen LogP contribution in [0.4, 0.5) is 4.39 Å². The normalized spacial score (nSPS) is 12.4. The number of halogens is 2. The van der Waals surface area contributed by atoms with Crippen LogP contribution in [0.2, 0.25) is 0 Å². The minimum absolute atomic E-state index is 0.117. The minimum Gasteiger partial charge on any atom is -0.207 e. The third-order valence-corrected chi connectivity index (χ3v) is 3.49. The zero-order chi connectivity index (χ0) is 13.1. The monoisotopic (exact) mass is 262 g/mol. The fraction of sp³-hybridized carbons (Fsp3) is 0.250. The summed E-state index contributed by atoms with van der Waals surface area (Å²) in [5.74, 6) is -0.213. The molecule has 0 nitrogen and oxygen atoms in total. The van der Waals surface area contributed by atoms with Crippen molar-refractivity contribution in [2.75, 3.05) is 0 Å². The lowest BCUT2D eigenvalue weighted by Gasteiger charge is -2.13. The van der Waals surface area contributed by atoms with Gasteiger partial charge in [0.2, 0.25) is 0 Å². The predicted molar refractivity (Wildman–Crippen MR) is 74.6 cm³/mol. The molecule has 0 aromatic heterocycles. The molecule has 0 amide bonds. The van der Waals surface area contributed by atoms with Gasteiger partial charge in [0.1, 0.15) is 5.82 Å². The van der Waals surface area contributed by atoms with E-state index in [0.717, 1.165) is 17.5 Å². The maximum Gasteiger partial charge on any atom is 0.123 e. The Hall–Kier alpha value is -1.34. The third-order valence-electron chi connectivity index (χ3n) is 3.10. The number of alkyl halides is 1. The van der Waals surface area contributed by atoms with E-state index >= 15 is 0 Å². The van der Waals surface area contributed by atoms with Crippen molar-refractivity contribution in [3.05, 3.63) is 70.5 Å². The van der Waals surface area contributed by atoms with Crippen molar-refractivity contribution < 1.29 is 4.39 Å². The van der Waals surface area contributed by atoms with Crippen LogP contribution in [0.5, 0.6) is 0 Å². The van der Waals surface area contributed by atoms with E-state index in [9.17, 15) is 4.39 Å². The topological polar surface area (TPSA) is 0 Å². The zero-order valence-electron chi connectivity index (χ0n) is 10.6. The van der Waals surface area contributed by atoms with Crippen LogP contribution in [0.1, 0.15) is 27.6 Å². The van der Waals surface area contributed by atoms with Crippen LogP contribution in [0.15, 0.2) is 42.5 Å². The molecule has 2 heteroatoms. The van der Waals surface area contributed by atoms with Gasteiger partial charge in [-0.1, -0.05) is 35.9 Å². The zero-order valence-corrected chi connectivity index (χ0v) is 11.3. The van der Waals surface area contributed by atoms with Crippen molar-refractivity contribution in [1.82, 2.24) is 0 Å². The molecule has 94 valence electrons. The van der Waals surface area contributed by atoms with Gasteiger partial charge in [0.25, 0.3) is 0 Å². The Bertz CT molecular complexity index is 531. The average Bonchev–Trinajstić information content (AvgIpc) is 2.32. The van der Waals surface area contributed by atoms with Crippen molar-refractivity contribution in [1.29, 1.82) is 0 Å². The van der Waals surface area contributed by atoms with Gasteiger partial charge in [-0.25, -0.2) is 4.39 Å². The highest BCUT2D eigenvalue weighted by atomic mass is 35.5. The summed E-state index contributed by atoms with van der Waals surface area (Å²) in [5.41, 5.74) is 4.34. The van der Waals surface area contributed by atoms with E-state index in [0.29, 0.717) is 0 Å². The highest BCUT2D eigenvalue weighted by molar-refractivity contribution is 6.21. The van der Waals surface area contributed by atoms with Crippen LogP contribution >= 0.6 is 11.6 Å². The summed E-state index contributed by atoms with van der Waals surface area (Å²) in [5, 5.41) is -0.117. The van der Waals surface area contributed by atoms with Crippen molar-refractivity contribution in [3.8, 4) is 0 Å². The highest BCUT2D eigenvalue weighted by Crippen LogP contribution is 2.28. The molecular weight excluding hydrogens is 247 g/mol. The van der Waals surface area contributed by atoms with E-state index in [1.807, 2.05) is 6.92 Å². The summed E-state index contributed by atoms with van der Waals surface area (Å²) in [4.78, 5) is 0. The Balaban J connectivity index is 2.16. The van der Waals surface area contributed by atoms with Crippen LogP contribution in [0.25, 0.3) is 0 Å². The average molecular weight is 263 g/mol. The summed E-state index contributed by atoms with van der Waals surface area (Å²) in [6.07, 6.45) is 0.758. The lowest BCUT2D eigenvalue weighted by Crippen LogP contribution is -1.99. The van der Waals surface area contributed by atoms with E-state index in [-0.39, 0.29) is 11.2 Å². The van der Waals surface area contributed by atoms with E-state index in [2.05, 4.69) is 31.2 Å². The van der Waals surface area contributed by atoms with Crippen LogP contribution in [0.3, 0.4) is 0 Å². The summed E-state index contributed by atoms with van der Waals surface area (Å²) in [6.45, 7) is 3.95. The first-order chi connectivity index (χ1) is 8.56. The smallest absolute Gasteiger partial charge is 0.123 e. The van der Waals surface area contributed by atoms with Crippen LogP contribution in [-0.2, 0) is 6.42 Å². The molecule has 1 unspecified atom stereocenters. The summed E-state index contributed by atoms with van der Waals surface area (Å²) >= 11 is 6.42. The van der Waals surface area contributed by atoms with E-state index in [1.54, 1.807) is 6.07 Å².